The fourth-order valence-corrected chi connectivity index (χ4v) is 1.50. The Hall–Kier alpha value is -2.41. The normalized spacial score (nSPS) is 11.9. The molecule has 0 fully saturated rings. The van der Waals surface area contributed by atoms with Crippen molar-refractivity contribution in [1.29, 1.82) is 0 Å². The zero-order valence-corrected chi connectivity index (χ0v) is 10.4. The molecule has 0 spiro atoms. The predicted molar refractivity (Wildman–Crippen MR) is 70.1 cm³/mol. The topological polar surface area (TPSA) is 92.1 Å². The Kier molecular flexibility index (Phi) is 4.09. The molecule has 0 aliphatic carbocycles. The van der Waals surface area contributed by atoms with Crippen LogP contribution in [0.1, 0.15) is 6.92 Å². The average Bonchev–Trinajstić information content (AvgIpc) is 2.93. The summed E-state index contributed by atoms with van der Waals surface area (Å²) in [5.41, 5.74) is 0.536. The average molecular weight is 261 g/mol. The lowest BCUT2D eigenvalue weighted by Crippen LogP contribution is -2.38. The summed E-state index contributed by atoms with van der Waals surface area (Å²) in [6.45, 7) is 1.59. The molecule has 2 aromatic rings. The van der Waals surface area contributed by atoms with Crippen LogP contribution in [-0.2, 0) is 0 Å². The summed E-state index contributed by atoms with van der Waals surface area (Å²) in [4.78, 5) is 15.9. The fourth-order valence-electron chi connectivity index (χ4n) is 1.50. The number of hydrogen-bond donors (Lipinski definition) is 3. The van der Waals surface area contributed by atoms with Gasteiger partial charge in [-0.3, -0.25) is 0 Å². The van der Waals surface area contributed by atoms with Crippen LogP contribution in [0.25, 0.3) is 5.82 Å². The van der Waals surface area contributed by atoms with Gasteiger partial charge in [0.25, 0.3) is 0 Å². The molecule has 7 nitrogen and oxygen atoms in total. The minimum absolute atomic E-state index is 0.119. The third kappa shape index (κ3) is 3.29. The summed E-state index contributed by atoms with van der Waals surface area (Å²) >= 11 is 0. The largest absolute Gasteiger partial charge is 0.394 e. The number of carbonyl (C=O) groups excluding carboxylic acids is 1. The first kappa shape index (κ1) is 13.0. The van der Waals surface area contributed by atoms with E-state index in [9.17, 15) is 4.79 Å². The van der Waals surface area contributed by atoms with E-state index in [0.717, 1.165) is 0 Å². The van der Waals surface area contributed by atoms with Crippen molar-refractivity contribution in [2.24, 2.45) is 0 Å². The number of urea groups is 1. The maximum absolute atomic E-state index is 11.7. The first-order chi connectivity index (χ1) is 9.20. The molecule has 0 saturated carbocycles. The zero-order valence-electron chi connectivity index (χ0n) is 10.4. The van der Waals surface area contributed by atoms with Crippen molar-refractivity contribution < 1.29 is 9.90 Å². The number of aromatic nitrogens is 3. The number of rotatable bonds is 4. The van der Waals surface area contributed by atoms with E-state index < -0.39 is 6.03 Å². The Bertz CT molecular complexity index is 541. The maximum Gasteiger partial charge on any atom is 0.319 e. The molecule has 2 amide bonds. The van der Waals surface area contributed by atoms with Crippen LogP contribution in [0.2, 0.25) is 0 Å². The highest BCUT2D eigenvalue weighted by molar-refractivity contribution is 5.91. The Morgan fingerprint density at radius 3 is 3.00 bits per heavy atom. The standard InChI is InChI=1S/C12H15N5O2/c1-9(8-18)15-12(19)16-10-4-2-5-13-11(10)17-7-3-6-14-17/h2-7,9,18H,8H2,1H3,(H2,15,16,19)/t9-/m0/s1. The van der Waals surface area contributed by atoms with Gasteiger partial charge in [-0.2, -0.15) is 5.10 Å². The van der Waals surface area contributed by atoms with Crippen molar-refractivity contribution >= 4 is 11.7 Å². The number of amides is 2. The van der Waals surface area contributed by atoms with Crippen molar-refractivity contribution in [3.8, 4) is 5.82 Å². The van der Waals surface area contributed by atoms with Gasteiger partial charge in [0.2, 0.25) is 0 Å². The lowest BCUT2D eigenvalue weighted by Gasteiger charge is -2.13. The quantitative estimate of drug-likeness (QED) is 0.758. The minimum Gasteiger partial charge on any atom is -0.394 e. The van der Waals surface area contributed by atoms with E-state index in [4.69, 9.17) is 5.11 Å². The molecular formula is C12H15N5O2. The number of nitrogens with zero attached hydrogens (tertiary/aromatic N) is 3. The van der Waals surface area contributed by atoms with Gasteiger partial charge in [0.05, 0.1) is 18.3 Å². The molecule has 0 radical (unpaired) electrons. The Labute approximate surface area is 110 Å². The lowest BCUT2D eigenvalue weighted by molar-refractivity contribution is 0.229. The Morgan fingerprint density at radius 2 is 2.32 bits per heavy atom. The van der Waals surface area contributed by atoms with Crippen LogP contribution in [0.5, 0.6) is 0 Å². The summed E-state index contributed by atoms with van der Waals surface area (Å²) in [5, 5.41) is 18.2. The van der Waals surface area contributed by atoms with Crippen molar-refractivity contribution in [2.75, 3.05) is 11.9 Å². The van der Waals surface area contributed by atoms with Crippen molar-refractivity contribution in [1.82, 2.24) is 20.1 Å². The van der Waals surface area contributed by atoms with Gasteiger partial charge in [0, 0.05) is 18.6 Å². The smallest absolute Gasteiger partial charge is 0.319 e. The number of hydrogen-bond acceptors (Lipinski definition) is 4. The van der Waals surface area contributed by atoms with E-state index in [2.05, 4.69) is 20.7 Å². The van der Waals surface area contributed by atoms with Crippen LogP contribution < -0.4 is 10.6 Å². The molecule has 2 rings (SSSR count). The van der Waals surface area contributed by atoms with Crippen LogP contribution in [0, 0.1) is 0 Å². The summed E-state index contributed by atoms with van der Waals surface area (Å²) < 4.78 is 1.56. The maximum atomic E-state index is 11.7. The molecule has 2 heterocycles. The summed E-state index contributed by atoms with van der Waals surface area (Å²) in [5.74, 6) is 0.527. The van der Waals surface area contributed by atoms with Gasteiger partial charge < -0.3 is 15.7 Å². The van der Waals surface area contributed by atoms with Gasteiger partial charge in [-0.1, -0.05) is 0 Å². The van der Waals surface area contributed by atoms with E-state index in [1.54, 1.807) is 48.4 Å². The Morgan fingerprint density at radius 1 is 1.47 bits per heavy atom. The number of pyridine rings is 1. The van der Waals surface area contributed by atoms with E-state index in [-0.39, 0.29) is 12.6 Å². The minimum atomic E-state index is -0.400. The molecule has 0 bridgehead atoms. The first-order valence-electron chi connectivity index (χ1n) is 5.84. The van der Waals surface area contributed by atoms with Gasteiger partial charge >= 0.3 is 6.03 Å². The fraction of sp³-hybridized carbons (Fsp3) is 0.250. The third-order valence-corrected chi connectivity index (χ3v) is 2.41. The Balaban J connectivity index is 2.15. The number of nitrogens with one attached hydrogen (secondary N) is 2. The highest BCUT2D eigenvalue weighted by Crippen LogP contribution is 2.15. The summed E-state index contributed by atoms with van der Waals surface area (Å²) in [6, 6.07) is 4.50. The van der Waals surface area contributed by atoms with Gasteiger partial charge in [-0.15, -0.1) is 0 Å². The van der Waals surface area contributed by atoms with Crippen molar-refractivity contribution in [2.45, 2.75) is 13.0 Å². The van der Waals surface area contributed by atoms with Crippen molar-refractivity contribution in [3.63, 3.8) is 0 Å². The van der Waals surface area contributed by atoms with Crippen LogP contribution in [0.15, 0.2) is 36.8 Å². The molecular weight excluding hydrogens is 246 g/mol. The molecule has 2 aromatic heterocycles. The van der Waals surface area contributed by atoms with Gasteiger partial charge in [-0.05, 0) is 25.1 Å². The molecule has 7 heteroatoms. The molecule has 0 aliphatic rings. The van der Waals surface area contributed by atoms with Crippen LogP contribution >= 0.6 is 0 Å². The van der Waals surface area contributed by atoms with Crippen LogP contribution in [0.3, 0.4) is 0 Å². The molecule has 0 saturated heterocycles. The molecule has 100 valence electrons. The molecule has 3 N–H and O–H groups in total. The highest BCUT2D eigenvalue weighted by Gasteiger charge is 2.10. The van der Waals surface area contributed by atoms with Crippen LogP contribution in [-0.4, -0.2) is 38.6 Å². The summed E-state index contributed by atoms with van der Waals surface area (Å²) in [6.07, 6.45) is 4.99. The lowest BCUT2D eigenvalue weighted by atomic mass is 10.3. The molecule has 0 aromatic carbocycles. The molecule has 1 atom stereocenters. The monoisotopic (exact) mass is 261 g/mol. The van der Waals surface area contributed by atoms with Crippen LogP contribution in [0.4, 0.5) is 10.5 Å². The molecule has 0 aliphatic heterocycles. The first-order valence-corrected chi connectivity index (χ1v) is 5.84. The number of carbonyl (C=O) groups is 1. The van der Waals surface area contributed by atoms with E-state index in [1.165, 1.54) is 0 Å². The number of aliphatic hydroxyl groups is 1. The second-order valence-electron chi connectivity index (χ2n) is 4.01. The van der Waals surface area contributed by atoms with Gasteiger partial charge in [0.15, 0.2) is 5.82 Å². The summed E-state index contributed by atoms with van der Waals surface area (Å²) in [7, 11) is 0. The predicted octanol–water partition coefficient (Wildman–Crippen LogP) is 0.770. The van der Waals surface area contributed by atoms with Gasteiger partial charge in [-0.25, -0.2) is 14.5 Å². The second-order valence-corrected chi connectivity index (χ2v) is 4.01. The number of aliphatic hydroxyl groups excluding tert-OH is 1. The van der Waals surface area contributed by atoms with E-state index in [0.29, 0.717) is 11.5 Å². The highest BCUT2D eigenvalue weighted by atomic mass is 16.3. The van der Waals surface area contributed by atoms with E-state index >= 15 is 0 Å². The number of anilines is 1. The van der Waals surface area contributed by atoms with Gasteiger partial charge in [0.1, 0.15) is 0 Å². The SMILES string of the molecule is C[C@@H](CO)NC(=O)Nc1cccnc1-n1cccn1. The molecule has 0 unspecified atom stereocenters. The van der Waals surface area contributed by atoms with Crippen molar-refractivity contribution in [3.05, 3.63) is 36.8 Å². The molecule has 19 heavy (non-hydrogen) atoms. The third-order valence-electron chi connectivity index (χ3n) is 2.41. The van der Waals surface area contributed by atoms with E-state index in [1.807, 2.05) is 0 Å². The zero-order chi connectivity index (χ0) is 13.7. The second kappa shape index (κ2) is 5.96.